The lowest BCUT2D eigenvalue weighted by atomic mass is 10.2. The largest absolute Gasteiger partial charge is 0.365 e. The van der Waals surface area contributed by atoms with Crippen LogP contribution in [-0.2, 0) is 6.42 Å². The Bertz CT molecular complexity index is 687. The molecule has 0 spiro atoms. The molecule has 1 atom stereocenters. The first kappa shape index (κ1) is 12.1. The molecule has 0 radical (unpaired) electrons. The quantitative estimate of drug-likeness (QED) is 0.767. The number of fused-ring (bicyclic) bond motifs is 1. The number of hydrogen-bond acceptors (Lipinski definition) is 5. The van der Waals surface area contributed by atoms with E-state index in [2.05, 4.69) is 51.2 Å². The number of H-pyrrole nitrogens is 1. The minimum atomic E-state index is 0.305. The zero-order valence-corrected chi connectivity index (χ0v) is 11.7. The van der Waals surface area contributed by atoms with Gasteiger partial charge in [-0.2, -0.15) is 0 Å². The Morgan fingerprint density at radius 1 is 1.32 bits per heavy atom. The lowest BCUT2D eigenvalue weighted by Gasteiger charge is -2.13. The highest BCUT2D eigenvalue weighted by Gasteiger charge is 2.10. The number of imidazole rings is 1. The van der Waals surface area contributed by atoms with Gasteiger partial charge in [0.25, 0.3) is 0 Å². The summed E-state index contributed by atoms with van der Waals surface area (Å²) < 4.78 is 0. The Hall–Kier alpha value is -1.95. The highest BCUT2D eigenvalue weighted by atomic mass is 32.1. The number of nitrogens with zero attached hydrogens (tertiary/aromatic N) is 3. The molecular weight excluding hydrogens is 258 g/mol. The predicted octanol–water partition coefficient (Wildman–Crippen LogP) is 2.77. The second-order valence-corrected chi connectivity index (χ2v) is 5.96. The number of rotatable bonds is 4. The minimum Gasteiger partial charge on any atom is -0.365 e. The van der Waals surface area contributed by atoms with Crippen molar-refractivity contribution in [3.8, 4) is 0 Å². The van der Waals surface area contributed by atoms with Gasteiger partial charge in [0, 0.05) is 22.2 Å². The molecule has 5 nitrogen and oxygen atoms in total. The molecule has 98 valence electrons. The molecule has 3 aromatic rings. The summed E-state index contributed by atoms with van der Waals surface area (Å²) in [4.78, 5) is 18.3. The summed E-state index contributed by atoms with van der Waals surface area (Å²) in [5.74, 6) is 0.809. The second-order valence-electron chi connectivity index (χ2n) is 4.59. The summed E-state index contributed by atoms with van der Waals surface area (Å²) in [5.41, 5.74) is 1.55. The van der Waals surface area contributed by atoms with E-state index < -0.39 is 0 Å². The summed E-state index contributed by atoms with van der Waals surface area (Å²) in [5, 5.41) is 3.41. The summed E-state index contributed by atoms with van der Waals surface area (Å²) in [6.45, 7) is 4.28. The van der Waals surface area contributed by atoms with Gasteiger partial charge >= 0.3 is 0 Å². The molecule has 3 heterocycles. The molecule has 3 rings (SSSR count). The Kier molecular flexibility index (Phi) is 3.16. The van der Waals surface area contributed by atoms with Crippen LogP contribution in [0.4, 0.5) is 5.82 Å². The molecule has 0 bridgehead atoms. The van der Waals surface area contributed by atoms with Crippen molar-refractivity contribution in [2.75, 3.05) is 5.32 Å². The van der Waals surface area contributed by atoms with E-state index in [1.165, 1.54) is 16.1 Å². The molecule has 0 saturated heterocycles. The van der Waals surface area contributed by atoms with E-state index in [4.69, 9.17) is 0 Å². The highest BCUT2D eigenvalue weighted by Crippen LogP contribution is 2.20. The number of aryl methyl sites for hydroxylation is 1. The first-order chi connectivity index (χ1) is 9.22. The normalized spacial score (nSPS) is 12.7. The minimum absolute atomic E-state index is 0.305. The molecule has 3 aromatic heterocycles. The summed E-state index contributed by atoms with van der Waals surface area (Å²) in [7, 11) is 0. The van der Waals surface area contributed by atoms with Crippen LogP contribution < -0.4 is 5.32 Å². The average Bonchev–Trinajstić information content (AvgIpc) is 2.98. The molecule has 19 heavy (non-hydrogen) atoms. The molecular formula is C13H15N5S. The topological polar surface area (TPSA) is 66.5 Å². The fourth-order valence-electron chi connectivity index (χ4n) is 2.06. The van der Waals surface area contributed by atoms with Crippen LogP contribution in [0.2, 0.25) is 0 Å². The monoisotopic (exact) mass is 273 g/mol. The SMILES string of the molecule is Cc1ccc(CC(C)Nc2ncnc3nc[nH]c23)s1. The fraction of sp³-hybridized carbons (Fsp3) is 0.308. The van der Waals surface area contributed by atoms with Crippen LogP contribution in [0.5, 0.6) is 0 Å². The average molecular weight is 273 g/mol. The molecule has 0 fully saturated rings. The van der Waals surface area contributed by atoms with E-state index in [-0.39, 0.29) is 0 Å². The molecule has 0 aromatic carbocycles. The van der Waals surface area contributed by atoms with Gasteiger partial charge in [0.15, 0.2) is 11.5 Å². The number of hydrogen-bond donors (Lipinski definition) is 2. The zero-order valence-electron chi connectivity index (χ0n) is 10.8. The summed E-state index contributed by atoms with van der Waals surface area (Å²) >= 11 is 1.84. The van der Waals surface area contributed by atoms with Gasteiger partial charge in [-0.05, 0) is 26.0 Å². The van der Waals surface area contributed by atoms with Crippen LogP contribution in [0.3, 0.4) is 0 Å². The van der Waals surface area contributed by atoms with Gasteiger partial charge in [-0.1, -0.05) is 0 Å². The van der Waals surface area contributed by atoms with Gasteiger partial charge in [0.05, 0.1) is 6.33 Å². The summed E-state index contributed by atoms with van der Waals surface area (Å²) in [6.07, 6.45) is 4.16. The molecule has 0 aliphatic rings. The van der Waals surface area contributed by atoms with Gasteiger partial charge in [-0.25, -0.2) is 15.0 Å². The number of nitrogens with one attached hydrogen (secondary N) is 2. The van der Waals surface area contributed by atoms with E-state index in [1.807, 2.05) is 11.3 Å². The first-order valence-corrected chi connectivity index (χ1v) is 7.00. The van der Waals surface area contributed by atoms with E-state index in [0.717, 1.165) is 17.8 Å². The van der Waals surface area contributed by atoms with Crippen LogP contribution >= 0.6 is 11.3 Å². The van der Waals surface area contributed by atoms with E-state index in [1.54, 1.807) is 6.33 Å². The van der Waals surface area contributed by atoms with Crippen LogP contribution in [0.15, 0.2) is 24.8 Å². The molecule has 6 heteroatoms. The van der Waals surface area contributed by atoms with Gasteiger partial charge < -0.3 is 10.3 Å². The number of aromatic amines is 1. The Morgan fingerprint density at radius 2 is 2.21 bits per heavy atom. The second kappa shape index (κ2) is 4.97. The van der Waals surface area contributed by atoms with Crippen molar-refractivity contribution in [2.45, 2.75) is 26.3 Å². The van der Waals surface area contributed by atoms with Gasteiger partial charge in [0.1, 0.15) is 11.8 Å². The molecule has 1 unspecified atom stereocenters. The van der Waals surface area contributed by atoms with Crippen molar-refractivity contribution >= 4 is 28.3 Å². The predicted molar refractivity (Wildman–Crippen MR) is 77.5 cm³/mol. The standard InChI is InChI=1S/C13H15N5S/c1-8(5-10-4-3-9(2)19-10)18-13-11-12(15-6-14-11)16-7-17-13/h3-4,6-8H,5H2,1-2H3,(H2,14,15,16,17,18). The van der Waals surface area contributed by atoms with Crippen molar-refractivity contribution in [1.82, 2.24) is 19.9 Å². The third kappa shape index (κ3) is 2.58. The van der Waals surface area contributed by atoms with Crippen molar-refractivity contribution in [2.24, 2.45) is 0 Å². The van der Waals surface area contributed by atoms with Gasteiger partial charge in [0.2, 0.25) is 0 Å². The molecule has 0 amide bonds. The number of thiophene rings is 1. The van der Waals surface area contributed by atoms with E-state index in [0.29, 0.717) is 11.7 Å². The van der Waals surface area contributed by atoms with Crippen LogP contribution in [-0.4, -0.2) is 26.0 Å². The maximum absolute atomic E-state index is 4.28. The van der Waals surface area contributed by atoms with Crippen LogP contribution in [0.1, 0.15) is 16.7 Å². The maximum atomic E-state index is 4.28. The van der Waals surface area contributed by atoms with Crippen molar-refractivity contribution in [3.63, 3.8) is 0 Å². The highest BCUT2D eigenvalue weighted by molar-refractivity contribution is 7.11. The van der Waals surface area contributed by atoms with Crippen molar-refractivity contribution in [3.05, 3.63) is 34.5 Å². The number of aromatic nitrogens is 4. The van der Waals surface area contributed by atoms with Crippen LogP contribution in [0.25, 0.3) is 11.2 Å². The Balaban J connectivity index is 1.75. The Labute approximate surface area is 115 Å². The Morgan fingerprint density at radius 3 is 3.00 bits per heavy atom. The third-order valence-electron chi connectivity index (χ3n) is 2.91. The molecule has 2 N–H and O–H groups in total. The number of anilines is 1. The van der Waals surface area contributed by atoms with Gasteiger partial charge in [-0.3, -0.25) is 0 Å². The summed E-state index contributed by atoms with van der Waals surface area (Å²) in [6, 6.07) is 4.65. The lowest BCUT2D eigenvalue weighted by molar-refractivity contribution is 0.795. The lowest BCUT2D eigenvalue weighted by Crippen LogP contribution is -2.18. The molecule has 0 aliphatic carbocycles. The zero-order chi connectivity index (χ0) is 13.2. The van der Waals surface area contributed by atoms with Gasteiger partial charge in [-0.15, -0.1) is 11.3 Å². The molecule has 0 aliphatic heterocycles. The maximum Gasteiger partial charge on any atom is 0.182 e. The molecule has 0 saturated carbocycles. The fourth-order valence-corrected chi connectivity index (χ4v) is 3.07. The van der Waals surface area contributed by atoms with Crippen molar-refractivity contribution in [1.29, 1.82) is 0 Å². The van der Waals surface area contributed by atoms with Crippen LogP contribution in [0, 0.1) is 6.92 Å². The van der Waals surface area contributed by atoms with E-state index >= 15 is 0 Å². The first-order valence-electron chi connectivity index (χ1n) is 6.18. The van der Waals surface area contributed by atoms with E-state index in [9.17, 15) is 0 Å². The smallest absolute Gasteiger partial charge is 0.182 e. The third-order valence-corrected chi connectivity index (χ3v) is 3.93. The van der Waals surface area contributed by atoms with Crippen molar-refractivity contribution < 1.29 is 0 Å².